The first-order valence-corrected chi connectivity index (χ1v) is 16.3. The fourth-order valence-corrected chi connectivity index (χ4v) is 7.86. The lowest BCUT2D eigenvalue weighted by Crippen LogP contribution is -2.60. The average molecular weight is 617 g/mol. The lowest BCUT2D eigenvalue weighted by Gasteiger charge is -2.52. The third-order valence-corrected chi connectivity index (χ3v) is 10.8. The molecule has 0 saturated carbocycles. The van der Waals surface area contributed by atoms with Crippen LogP contribution in [0.4, 0.5) is 0 Å². The zero-order valence-corrected chi connectivity index (χ0v) is 27.3. The highest BCUT2D eigenvalue weighted by atomic mass is 16.7. The third-order valence-electron chi connectivity index (χ3n) is 10.8. The minimum Gasteiger partial charge on any atom is -0.462 e. The summed E-state index contributed by atoms with van der Waals surface area (Å²) in [4.78, 5) is 14.1. The zero-order valence-electron chi connectivity index (χ0n) is 27.3. The van der Waals surface area contributed by atoms with E-state index in [1.165, 1.54) is 0 Å². The molecule has 1 spiro atoms. The number of hydrogen-bond donors (Lipinski definition) is 3. The van der Waals surface area contributed by atoms with Crippen molar-refractivity contribution in [2.24, 2.45) is 23.7 Å². The number of esters is 1. The molecule has 0 radical (unpaired) electrons. The third kappa shape index (κ3) is 6.14. The van der Waals surface area contributed by atoms with Crippen LogP contribution in [-0.2, 0) is 28.5 Å². The molecule has 3 saturated heterocycles. The van der Waals surface area contributed by atoms with Crippen LogP contribution >= 0.6 is 0 Å². The van der Waals surface area contributed by atoms with Crippen LogP contribution in [0.1, 0.15) is 73.6 Å². The van der Waals surface area contributed by atoms with Crippen LogP contribution in [0, 0.1) is 23.7 Å². The van der Waals surface area contributed by atoms with Crippen LogP contribution in [0.3, 0.4) is 0 Å². The molecule has 246 valence electrons. The molecule has 9 nitrogen and oxygen atoms in total. The van der Waals surface area contributed by atoms with Gasteiger partial charge >= 0.3 is 5.97 Å². The Bertz CT molecular complexity index is 1190. The summed E-state index contributed by atoms with van der Waals surface area (Å²) < 4.78 is 31.5. The van der Waals surface area contributed by atoms with Crippen LogP contribution in [0.5, 0.6) is 0 Å². The second-order valence-electron chi connectivity index (χ2n) is 13.9. The van der Waals surface area contributed by atoms with E-state index >= 15 is 0 Å². The minimum absolute atomic E-state index is 0.0687. The van der Waals surface area contributed by atoms with E-state index in [0.29, 0.717) is 18.4 Å². The molecule has 2 unspecified atom stereocenters. The van der Waals surface area contributed by atoms with Gasteiger partial charge in [0.05, 0.1) is 31.0 Å². The van der Waals surface area contributed by atoms with E-state index in [0.717, 1.165) is 17.6 Å². The van der Waals surface area contributed by atoms with Crippen molar-refractivity contribution in [1.82, 2.24) is 0 Å². The largest absolute Gasteiger partial charge is 0.462 e. The summed E-state index contributed by atoms with van der Waals surface area (Å²) in [5.74, 6) is -2.76. The molecule has 9 heteroatoms. The van der Waals surface area contributed by atoms with Gasteiger partial charge in [-0.15, -0.1) is 0 Å². The molecule has 3 fully saturated rings. The van der Waals surface area contributed by atoms with Crippen LogP contribution in [-0.4, -0.2) is 89.1 Å². The van der Waals surface area contributed by atoms with Crippen molar-refractivity contribution in [3.8, 4) is 0 Å². The van der Waals surface area contributed by atoms with Crippen LogP contribution < -0.4 is 0 Å². The van der Waals surface area contributed by atoms with Gasteiger partial charge in [0.25, 0.3) is 0 Å². The van der Waals surface area contributed by atoms with Crippen molar-refractivity contribution >= 4 is 5.97 Å². The minimum atomic E-state index is -1.67. The Morgan fingerprint density at radius 2 is 1.86 bits per heavy atom. The molecule has 44 heavy (non-hydrogen) atoms. The van der Waals surface area contributed by atoms with Gasteiger partial charge in [0, 0.05) is 38.2 Å². The highest BCUT2D eigenvalue weighted by Gasteiger charge is 2.60. The topological polar surface area (TPSA) is 124 Å². The number of ether oxygens (including phenoxy) is 5. The molecule has 5 aliphatic rings. The quantitative estimate of drug-likeness (QED) is 0.317. The van der Waals surface area contributed by atoms with E-state index < -0.39 is 53.8 Å². The molecule has 0 aromatic carbocycles. The fraction of sp³-hybridized carbons (Fsp3) is 0.743. The van der Waals surface area contributed by atoms with Crippen LogP contribution in [0.2, 0.25) is 0 Å². The first-order valence-electron chi connectivity index (χ1n) is 16.3. The van der Waals surface area contributed by atoms with Gasteiger partial charge in [0.2, 0.25) is 0 Å². The summed E-state index contributed by atoms with van der Waals surface area (Å²) in [5.41, 5.74) is 0.483. The molecular formula is C35H52O9. The summed E-state index contributed by atoms with van der Waals surface area (Å²) in [6.07, 6.45) is 7.72. The molecule has 1 aliphatic carbocycles. The van der Waals surface area contributed by atoms with Gasteiger partial charge in [-0.2, -0.15) is 0 Å². The molecule has 4 heterocycles. The summed E-state index contributed by atoms with van der Waals surface area (Å²) in [7, 11) is 1.57. The van der Waals surface area contributed by atoms with Crippen molar-refractivity contribution in [1.29, 1.82) is 0 Å². The Balaban J connectivity index is 1.55. The Kier molecular flexibility index (Phi) is 9.98. The average Bonchev–Trinajstić information content (AvgIpc) is 3.32. The van der Waals surface area contributed by atoms with E-state index in [1.807, 2.05) is 45.9 Å². The van der Waals surface area contributed by atoms with E-state index in [9.17, 15) is 20.1 Å². The predicted molar refractivity (Wildman–Crippen MR) is 164 cm³/mol. The molecule has 0 aromatic rings. The van der Waals surface area contributed by atoms with Crippen molar-refractivity contribution in [2.75, 3.05) is 13.7 Å². The molecule has 0 amide bonds. The number of carbonyl (C=O) groups is 1. The van der Waals surface area contributed by atoms with Crippen LogP contribution in [0.15, 0.2) is 47.1 Å². The summed E-state index contributed by atoms with van der Waals surface area (Å²) in [6, 6.07) is 0. The number of carbonyl (C=O) groups excluding carboxylic acids is 1. The zero-order chi connectivity index (χ0) is 32.0. The van der Waals surface area contributed by atoms with E-state index in [4.69, 9.17) is 23.7 Å². The number of rotatable bonds is 3. The SMILES string of the molecule is CCC(C)[C@H]1OC2(C[C@@H]3C[C@@H](C/C=C(\C)[C@@H](O)[C@@H](C)/C=C/C=C4\CO[C@@H]5[C@H](OC)C(C)=C[C@@H](C(=O)O3)[C@]45O)O2)C[C@H](O)[C@@H]1C. The van der Waals surface area contributed by atoms with Gasteiger partial charge < -0.3 is 39.0 Å². The normalized spacial score (nSPS) is 48.7. The van der Waals surface area contributed by atoms with Crippen molar-refractivity contribution in [3.63, 3.8) is 0 Å². The molecular weight excluding hydrogens is 564 g/mol. The number of aliphatic hydroxyl groups is 3. The Morgan fingerprint density at radius 1 is 1.11 bits per heavy atom. The Labute approximate surface area is 261 Å². The second kappa shape index (κ2) is 13.1. The highest BCUT2D eigenvalue weighted by Crippen LogP contribution is 2.48. The first-order chi connectivity index (χ1) is 20.8. The van der Waals surface area contributed by atoms with Gasteiger partial charge in [-0.05, 0) is 42.9 Å². The van der Waals surface area contributed by atoms with Crippen molar-refractivity contribution in [3.05, 3.63) is 47.1 Å². The van der Waals surface area contributed by atoms with E-state index in [2.05, 4.69) is 13.8 Å². The smallest absolute Gasteiger partial charge is 0.316 e. The number of hydrogen-bond acceptors (Lipinski definition) is 9. The molecule has 13 atom stereocenters. The van der Waals surface area contributed by atoms with Gasteiger partial charge in [0.1, 0.15) is 29.8 Å². The summed E-state index contributed by atoms with van der Waals surface area (Å²) in [6.45, 7) is 12.1. The number of methoxy groups -OCH3 is 1. The molecule has 5 rings (SSSR count). The summed E-state index contributed by atoms with van der Waals surface area (Å²) >= 11 is 0. The second-order valence-corrected chi connectivity index (χ2v) is 13.9. The van der Waals surface area contributed by atoms with E-state index in [1.54, 1.807) is 19.3 Å². The van der Waals surface area contributed by atoms with Gasteiger partial charge in [-0.3, -0.25) is 4.79 Å². The molecule has 0 aromatic heterocycles. The molecule has 3 N–H and O–H groups in total. The maximum absolute atomic E-state index is 14.1. The Hall–Kier alpha value is -1.85. The fourth-order valence-electron chi connectivity index (χ4n) is 7.86. The van der Waals surface area contributed by atoms with E-state index in [-0.39, 0.29) is 49.4 Å². The van der Waals surface area contributed by atoms with Gasteiger partial charge in [-0.25, -0.2) is 0 Å². The number of fused-ring (bicyclic) bond motifs is 2. The monoisotopic (exact) mass is 616 g/mol. The molecule has 4 aliphatic heterocycles. The predicted octanol–water partition coefficient (Wildman–Crippen LogP) is 4.16. The standard InChI is InChI=1S/C35H52O9/c1-8-19(2)30-23(6)28(36)17-34(44-30)16-26-15-25(43-34)13-12-21(4)29(37)20(3)10-9-11-24-18-41-32-31(40-7)22(5)14-27(33(38)42-26)35(24,32)39/h9-12,14,19-20,23,25-32,36-37,39H,8,13,15-18H2,1-7H3/b10-9+,21-12+,24-11+/t19?,20-,23-,25+,26-,27-,28-,29-,30+,31+,32+,34?,35+/m0/s1. The van der Waals surface area contributed by atoms with Gasteiger partial charge in [-0.1, -0.05) is 64.5 Å². The lowest BCUT2D eigenvalue weighted by molar-refractivity contribution is -0.354. The maximum Gasteiger partial charge on any atom is 0.316 e. The van der Waals surface area contributed by atoms with Crippen molar-refractivity contribution in [2.45, 2.75) is 128 Å². The Morgan fingerprint density at radius 3 is 2.57 bits per heavy atom. The maximum atomic E-state index is 14.1. The van der Waals surface area contributed by atoms with Gasteiger partial charge in [0.15, 0.2) is 5.79 Å². The summed E-state index contributed by atoms with van der Waals surface area (Å²) in [5, 5.41) is 34.6. The van der Waals surface area contributed by atoms with Crippen LogP contribution in [0.25, 0.3) is 0 Å². The number of aliphatic hydroxyl groups excluding tert-OH is 2. The first kappa shape index (κ1) is 33.5. The molecule has 2 bridgehead atoms. The van der Waals surface area contributed by atoms with Crippen molar-refractivity contribution < 1.29 is 43.8 Å². The number of allylic oxidation sites excluding steroid dienone is 2. The highest BCUT2D eigenvalue weighted by molar-refractivity contribution is 5.78. The lowest BCUT2D eigenvalue weighted by atomic mass is 9.70.